The van der Waals surface area contributed by atoms with Crippen molar-refractivity contribution >= 4 is 12.0 Å². The molecular formula is C7H6AcNO-. The van der Waals surface area contributed by atoms with Gasteiger partial charge in [-0.15, -0.1) is 5.69 Å². The van der Waals surface area contributed by atoms with Gasteiger partial charge in [0.2, 0.25) is 0 Å². The molecule has 1 N–H and O–H groups in total. The van der Waals surface area contributed by atoms with Gasteiger partial charge in [-0.25, -0.2) is 0 Å². The molecule has 10 heavy (non-hydrogen) atoms. The van der Waals surface area contributed by atoms with E-state index in [-0.39, 0.29) is 44.1 Å². The van der Waals surface area contributed by atoms with Crippen molar-refractivity contribution in [3.05, 3.63) is 35.6 Å². The third-order valence-electron chi connectivity index (χ3n) is 1.05. The van der Waals surface area contributed by atoms with Crippen molar-refractivity contribution in [3.63, 3.8) is 0 Å². The van der Waals surface area contributed by atoms with Crippen LogP contribution < -0.4 is 0 Å². The number of hydrogen-bond donors (Lipinski definition) is 0. The molecular weight excluding hydrogens is 341 g/mol. The van der Waals surface area contributed by atoms with Gasteiger partial charge in [-0.2, -0.15) is 0 Å². The van der Waals surface area contributed by atoms with E-state index in [2.05, 4.69) is 0 Å². The molecule has 1 aromatic rings. The van der Waals surface area contributed by atoms with Crippen LogP contribution in [0, 0.1) is 44.1 Å². The number of nitrogens with one attached hydrogen (secondary N) is 1. The summed E-state index contributed by atoms with van der Waals surface area (Å²) in [5, 5.41) is 0. The first-order valence-electron chi connectivity index (χ1n) is 2.60. The van der Waals surface area contributed by atoms with Crippen LogP contribution in [0.1, 0.15) is 10.4 Å². The Balaban J connectivity index is 0.000000810. The van der Waals surface area contributed by atoms with Crippen molar-refractivity contribution in [2.45, 2.75) is 0 Å². The minimum absolute atomic E-state index is 0. The number of carbonyl (C=O) groups is 1. The van der Waals surface area contributed by atoms with Crippen LogP contribution in [0.5, 0.6) is 0 Å². The molecule has 2 nitrogen and oxygen atoms in total. The third kappa shape index (κ3) is 2.81. The largest absolute Gasteiger partial charge is 0.699 e. The van der Waals surface area contributed by atoms with Crippen molar-refractivity contribution < 1.29 is 48.9 Å². The van der Waals surface area contributed by atoms with Gasteiger partial charge in [-0.3, -0.25) is 4.79 Å². The second-order valence-corrected chi connectivity index (χ2v) is 1.74. The van der Waals surface area contributed by atoms with Crippen molar-refractivity contribution in [3.8, 4) is 0 Å². The van der Waals surface area contributed by atoms with Crippen molar-refractivity contribution in [1.29, 1.82) is 0 Å². The van der Waals surface area contributed by atoms with Gasteiger partial charge in [0, 0.05) is 49.6 Å². The van der Waals surface area contributed by atoms with Crippen LogP contribution in [0.25, 0.3) is 5.73 Å². The molecule has 1 aromatic carbocycles. The maximum atomic E-state index is 10.1. The molecule has 3 heteroatoms. The summed E-state index contributed by atoms with van der Waals surface area (Å²) in [6.07, 6.45) is 0.763. The van der Waals surface area contributed by atoms with Crippen LogP contribution in [-0.4, -0.2) is 6.29 Å². The second kappa shape index (κ2) is 4.87. The molecule has 0 aliphatic carbocycles. The zero-order valence-electron chi connectivity index (χ0n) is 5.37. The van der Waals surface area contributed by atoms with E-state index in [1.54, 1.807) is 24.3 Å². The van der Waals surface area contributed by atoms with Gasteiger partial charge in [0.15, 0.2) is 0 Å². The quantitative estimate of drug-likeness (QED) is 0.718. The van der Waals surface area contributed by atoms with E-state index in [4.69, 9.17) is 5.73 Å². The van der Waals surface area contributed by atoms with Gasteiger partial charge in [0.1, 0.15) is 6.29 Å². The van der Waals surface area contributed by atoms with Gasteiger partial charge in [-0.1, -0.05) is 24.3 Å². The molecule has 0 fully saturated rings. The smallest absolute Gasteiger partial charge is 0.150 e. The minimum Gasteiger partial charge on any atom is -0.699 e. The fraction of sp³-hybridized carbons (Fsp3) is 0. The standard InChI is InChI=1S/C7H7NO.Ac/c8-7-3-1-6(5-9)2-4-7;/h1-5H,(H2,8,9);/p-1. The molecule has 0 amide bonds. The number of aldehydes is 1. The molecule has 49 valence electrons. The van der Waals surface area contributed by atoms with E-state index >= 15 is 0 Å². The number of carbonyl (C=O) groups excluding carboxylic acids is 1. The Morgan fingerprint density at radius 3 is 2.10 bits per heavy atom. The molecule has 0 aromatic heterocycles. The molecule has 0 spiro atoms. The summed E-state index contributed by atoms with van der Waals surface area (Å²) in [5.41, 5.74) is 8.10. The Bertz CT molecular complexity index is 207. The Morgan fingerprint density at radius 1 is 1.20 bits per heavy atom. The predicted molar refractivity (Wildman–Crippen MR) is 35.8 cm³/mol. The van der Waals surface area contributed by atoms with E-state index < -0.39 is 0 Å². The van der Waals surface area contributed by atoms with Gasteiger partial charge in [0.25, 0.3) is 0 Å². The Kier molecular flexibility index (Phi) is 4.94. The maximum absolute atomic E-state index is 10.1. The van der Waals surface area contributed by atoms with E-state index in [1.807, 2.05) is 0 Å². The SMILES string of the molecule is [Ac].[NH-]c1ccc(C=O)cc1. The molecule has 0 aliphatic heterocycles. The predicted octanol–water partition coefficient (Wildman–Crippen LogP) is 2.18. The van der Waals surface area contributed by atoms with Crippen LogP contribution in [-0.2, 0) is 0 Å². The van der Waals surface area contributed by atoms with E-state index in [1.165, 1.54) is 0 Å². The Hall–Kier alpha value is 0.132. The van der Waals surface area contributed by atoms with Crippen LogP contribution in [0.4, 0.5) is 5.69 Å². The molecule has 0 saturated heterocycles. The first-order chi connectivity index (χ1) is 4.33. The molecule has 1 rings (SSSR count). The number of rotatable bonds is 1. The van der Waals surface area contributed by atoms with E-state index in [0.29, 0.717) is 11.3 Å². The normalized spacial score (nSPS) is 8.00. The average Bonchev–Trinajstić information content (AvgIpc) is 1.90. The molecule has 0 heterocycles. The monoisotopic (exact) mass is 347 g/mol. The Labute approximate surface area is 95.4 Å². The summed E-state index contributed by atoms with van der Waals surface area (Å²) in [4.78, 5) is 10.1. The fourth-order valence-electron chi connectivity index (χ4n) is 0.562. The maximum Gasteiger partial charge on any atom is 0.150 e. The van der Waals surface area contributed by atoms with Crippen LogP contribution in [0.2, 0.25) is 0 Å². The van der Waals surface area contributed by atoms with Crippen molar-refractivity contribution in [2.24, 2.45) is 0 Å². The van der Waals surface area contributed by atoms with E-state index in [0.717, 1.165) is 6.29 Å². The average molecular weight is 347 g/mol. The number of benzene rings is 1. The topological polar surface area (TPSA) is 40.9 Å². The van der Waals surface area contributed by atoms with Crippen LogP contribution >= 0.6 is 0 Å². The molecule has 0 aliphatic rings. The zero-order chi connectivity index (χ0) is 6.69. The molecule has 0 unspecified atom stereocenters. The van der Waals surface area contributed by atoms with Gasteiger partial charge in [0.05, 0.1) is 0 Å². The Morgan fingerprint density at radius 2 is 1.70 bits per heavy atom. The second-order valence-electron chi connectivity index (χ2n) is 1.74. The first-order valence-corrected chi connectivity index (χ1v) is 2.60. The van der Waals surface area contributed by atoms with Crippen molar-refractivity contribution in [2.75, 3.05) is 0 Å². The zero-order valence-corrected chi connectivity index (χ0v) is 10.1. The molecule has 0 atom stereocenters. The fourth-order valence-corrected chi connectivity index (χ4v) is 0.562. The van der Waals surface area contributed by atoms with Crippen LogP contribution in [0.15, 0.2) is 24.3 Å². The summed E-state index contributed by atoms with van der Waals surface area (Å²) in [7, 11) is 0. The number of hydrogen-bond acceptors (Lipinski definition) is 1. The summed E-state index contributed by atoms with van der Waals surface area (Å²) in [6.45, 7) is 0. The van der Waals surface area contributed by atoms with Crippen LogP contribution in [0.3, 0.4) is 0 Å². The molecule has 0 saturated carbocycles. The molecule has 0 bridgehead atoms. The summed E-state index contributed by atoms with van der Waals surface area (Å²) in [6, 6.07) is 6.41. The summed E-state index contributed by atoms with van der Waals surface area (Å²) in [5.74, 6) is 0. The molecule has 1 radical (unpaired) electrons. The minimum atomic E-state index is 0. The van der Waals surface area contributed by atoms with Gasteiger partial charge < -0.3 is 5.73 Å². The summed E-state index contributed by atoms with van der Waals surface area (Å²) >= 11 is 0. The van der Waals surface area contributed by atoms with Gasteiger partial charge in [-0.05, 0) is 0 Å². The van der Waals surface area contributed by atoms with E-state index in [9.17, 15) is 4.79 Å². The summed E-state index contributed by atoms with van der Waals surface area (Å²) < 4.78 is 0. The first kappa shape index (κ1) is 10.1. The van der Waals surface area contributed by atoms with Crippen molar-refractivity contribution in [1.82, 2.24) is 0 Å². The van der Waals surface area contributed by atoms with Gasteiger partial charge >= 0.3 is 0 Å². The third-order valence-corrected chi connectivity index (χ3v) is 1.05.